The second-order valence-corrected chi connectivity index (χ2v) is 8.04. The van der Waals surface area contributed by atoms with Gasteiger partial charge in [-0.15, -0.1) is 11.3 Å². The van der Waals surface area contributed by atoms with Gasteiger partial charge in [0.1, 0.15) is 5.82 Å². The number of fused-ring (bicyclic) bond motifs is 1. The lowest BCUT2D eigenvalue weighted by Crippen LogP contribution is -2.25. The number of nitrogens with zero attached hydrogens (tertiary/aromatic N) is 4. The van der Waals surface area contributed by atoms with Crippen molar-refractivity contribution in [2.24, 2.45) is 0 Å². The Morgan fingerprint density at radius 1 is 1.22 bits per heavy atom. The molecule has 0 spiro atoms. The molecule has 4 rings (SSSR count). The van der Waals surface area contributed by atoms with Gasteiger partial charge in [0.05, 0.1) is 16.4 Å². The highest BCUT2D eigenvalue weighted by atomic mass is 32.1. The lowest BCUT2D eigenvalue weighted by molar-refractivity contribution is 0.324. The van der Waals surface area contributed by atoms with Crippen LogP contribution in [0.15, 0.2) is 5.38 Å². The molecule has 1 aliphatic heterocycles. The molecule has 0 N–H and O–H groups in total. The molecule has 0 amide bonds. The molecule has 124 valence electrons. The molecule has 0 aromatic carbocycles. The Hall–Kier alpha value is -1.20. The van der Waals surface area contributed by atoms with Crippen molar-refractivity contribution in [3.63, 3.8) is 0 Å². The monoisotopic (exact) mass is 330 g/mol. The van der Waals surface area contributed by atoms with Gasteiger partial charge in [-0.1, -0.05) is 0 Å². The molecule has 1 saturated heterocycles. The van der Waals surface area contributed by atoms with Crippen molar-refractivity contribution < 1.29 is 0 Å². The van der Waals surface area contributed by atoms with Crippen LogP contribution in [0.5, 0.6) is 0 Å². The van der Waals surface area contributed by atoms with Crippen LogP contribution in [0.1, 0.15) is 53.2 Å². The van der Waals surface area contributed by atoms with Crippen LogP contribution in [0.2, 0.25) is 0 Å². The lowest BCUT2D eigenvalue weighted by atomic mass is 10.0. The Labute approximate surface area is 142 Å². The summed E-state index contributed by atoms with van der Waals surface area (Å²) in [5, 5.41) is 3.39. The summed E-state index contributed by atoms with van der Waals surface area (Å²) in [5.74, 6) is 1.24. The van der Waals surface area contributed by atoms with Crippen molar-refractivity contribution in [1.82, 2.24) is 19.4 Å². The maximum Gasteiger partial charge on any atom is 0.106 e. The van der Waals surface area contributed by atoms with Crippen LogP contribution in [-0.2, 0) is 19.3 Å². The number of thiazole rings is 1. The van der Waals surface area contributed by atoms with Crippen molar-refractivity contribution in [1.29, 1.82) is 0 Å². The average molecular weight is 331 g/mol. The summed E-state index contributed by atoms with van der Waals surface area (Å²) in [6.45, 7) is 7.80. The van der Waals surface area contributed by atoms with Crippen molar-refractivity contribution in [3.8, 4) is 0 Å². The Morgan fingerprint density at radius 2 is 2.09 bits per heavy atom. The third kappa shape index (κ3) is 3.09. The summed E-state index contributed by atoms with van der Waals surface area (Å²) < 4.78 is 2.57. The predicted octanol–water partition coefficient (Wildman–Crippen LogP) is 3.32. The van der Waals surface area contributed by atoms with Crippen LogP contribution in [0.3, 0.4) is 0 Å². The van der Waals surface area contributed by atoms with Crippen LogP contribution >= 0.6 is 11.3 Å². The predicted molar refractivity (Wildman–Crippen MR) is 94.3 cm³/mol. The molecular formula is C18H26N4S. The van der Waals surface area contributed by atoms with Crippen molar-refractivity contribution in [2.75, 3.05) is 19.6 Å². The first kappa shape index (κ1) is 15.3. The van der Waals surface area contributed by atoms with Crippen LogP contribution in [0.4, 0.5) is 0 Å². The zero-order valence-corrected chi connectivity index (χ0v) is 15.0. The van der Waals surface area contributed by atoms with Crippen LogP contribution in [-0.4, -0.2) is 39.1 Å². The quantitative estimate of drug-likeness (QED) is 0.862. The minimum absolute atomic E-state index is 0.626. The molecule has 5 heteroatoms. The summed E-state index contributed by atoms with van der Waals surface area (Å²) in [4.78, 5) is 12.0. The van der Waals surface area contributed by atoms with Gasteiger partial charge < -0.3 is 9.47 Å². The molecule has 2 aromatic rings. The van der Waals surface area contributed by atoms with E-state index in [2.05, 4.69) is 33.7 Å². The largest absolute Gasteiger partial charge is 0.328 e. The number of rotatable bonds is 4. The van der Waals surface area contributed by atoms with Crippen LogP contribution in [0.25, 0.3) is 0 Å². The lowest BCUT2D eigenvalue weighted by Gasteiger charge is -2.21. The molecule has 2 aliphatic rings. The summed E-state index contributed by atoms with van der Waals surface area (Å²) in [6, 6.07) is 0.626. The molecule has 0 bridgehead atoms. The van der Waals surface area contributed by atoms with Crippen LogP contribution in [0, 0.1) is 13.8 Å². The van der Waals surface area contributed by atoms with Crippen molar-refractivity contribution in [2.45, 2.75) is 58.4 Å². The summed E-state index contributed by atoms with van der Waals surface area (Å²) in [7, 11) is 0. The number of hydrogen-bond donors (Lipinski definition) is 0. The van der Waals surface area contributed by atoms with E-state index in [-0.39, 0.29) is 0 Å². The normalized spacial score (nSPS) is 21.7. The molecule has 3 heterocycles. The van der Waals surface area contributed by atoms with E-state index in [0.717, 1.165) is 13.0 Å². The second-order valence-electron chi connectivity index (χ2n) is 6.98. The van der Waals surface area contributed by atoms with Gasteiger partial charge in [0, 0.05) is 43.2 Å². The smallest absolute Gasteiger partial charge is 0.106 e. The van der Waals surface area contributed by atoms with Gasteiger partial charge in [-0.3, -0.25) is 0 Å². The topological polar surface area (TPSA) is 34.0 Å². The van der Waals surface area contributed by atoms with Gasteiger partial charge in [-0.2, -0.15) is 0 Å². The number of imidazole rings is 1. The minimum Gasteiger partial charge on any atom is -0.328 e. The second kappa shape index (κ2) is 6.36. The molecule has 0 saturated carbocycles. The maximum absolute atomic E-state index is 4.85. The van der Waals surface area contributed by atoms with E-state index in [1.807, 2.05) is 0 Å². The maximum atomic E-state index is 4.85. The fourth-order valence-corrected chi connectivity index (χ4v) is 4.85. The highest BCUT2D eigenvalue weighted by Crippen LogP contribution is 2.30. The minimum atomic E-state index is 0.626. The molecule has 1 unspecified atom stereocenters. The number of likely N-dealkylation sites (tertiary alicyclic amines) is 1. The Morgan fingerprint density at radius 3 is 2.91 bits per heavy atom. The first-order chi connectivity index (χ1) is 11.2. The summed E-state index contributed by atoms with van der Waals surface area (Å²) in [5.41, 5.74) is 4.17. The highest BCUT2D eigenvalue weighted by molar-refractivity contribution is 7.09. The fourth-order valence-electron chi connectivity index (χ4n) is 4.20. The summed E-state index contributed by atoms with van der Waals surface area (Å²) in [6.07, 6.45) is 7.40. The van der Waals surface area contributed by atoms with E-state index in [0.29, 0.717) is 6.04 Å². The fraction of sp³-hybridized carbons (Fsp3) is 0.667. The molecule has 1 fully saturated rings. The van der Waals surface area contributed by atoms with Crippen molar-refractivity contribution in [3.05, 3.63) is 33.3 Å². The third-order valence-corrected chi connectivity index (χ3v) is 6.13. The zero-order valence-electron chi connectivity index (χ0n) is 14.2. The Balaban J connectivity index is 1.41. The van der Waals surface area contributed by atoms with E-state index in [4.69, 9.17) is 4.98 Å². The van der Waals surface area contributed by atoms with Crippen LogP contribution < -0.4 is 0 Å². The van der Waals surface area contributed by atoms with Gasteiger partial charge >= 0.3 is 0 Å². The zero-order chi connectivity index (χ0) is 15.8. The molecule has 4 nitrogen and oxygen atoms in total. The molecular weight excluding hydrogens is 304 g/mol. The Kier molecular flexibility index (Phi) is 4.24. The molecule has 0 radical (unpaired) electrons. The van der Waals surface area contributed by atoms with E-state index in [1.165, 1.54) is 73.1 Å². The van der Waals surface area contributed by atoms with Gasteiger partial charge in [0.25, 0.3) is 0 Å². The van der Waals surface area contributed by atoms with E-state index >= 15 is 0 Å². The first-order valence-electron chi connectivity index (χ1n) is 8.90. The van der Waals surface area contributed by atoms with E-state index in [9.17, 15) is 0 Å². The molecule has 2 aromatic heterocycles. The first-order valence-corrected chi connectivity index (χ1v) is 9.78. The third-order valence-electron chi connectivity index (χ3n) is 5.31. The average Bonchev–Trinajstić information content (AvgIpc) is 3.23. The SMILES string of the molecule is Cc1nc(CCN2CCC(n3c(C)nc4c3CCCC4)C2)cs1. The molecule has 1 atom stereocenters. The molecule has 23 heavy (non-hydrogen) atoms. The van der Waals surface area contributed by atoms with E-state index in [1.54, 1.807) is 11.3 Å². The van der Waals surface area contributed by atoms with E-state index < -0.39 is 0 Å². The number of aryl methyl sites for hydroxylation is 3. The number of aromatic nitrogens is 3. The standard InChI is InChI=1S/C18H26N4S/c1-13-19-17-5-3-4-6-18(17)22(13)16-8-10-21(11-16)9-7-15-12-23-14(2)20-15/h12,16H,3-11H2,1-2H3. The van der Waals surface area contributed by atoms with Gasteiger partial charge in [0.15, 0.2) is 0 Å². The number of hydrogen-bond acceptors (Lipinski definition) is 4. The van der Waals surface area contributed by atoms with Gasteiger partial charge in [-0.05, 0) is 46.0 Å². The van der Waals surface area contributed by atoms with Gasteiger partial charge in [-0.25, -0.2) is 9.97 Å². The summed E-state index contributed by atoms with van der Waals surface area (Å²) >= 11 is 1.76. The molecule has 1 aliphatic carbocycles. The van der Waals surface area contributed by atoms with Gasteiger partial charge in [0.2, 0.25) is 0 Å². The highest BCUT2D eigenvalue weighted by Gasteiger charge is 2.28. The Bertz CT molecular complexity index is 687. The van der Waals surface area contributed by atoms with Crippen molar-refractivity contribution >= 4 is 11.3 Å².